The quantitative estimate of drug-likeness (QED) is 0.382. The molecule has 2 aliphatic carbocycles. The maximum absolute atomic E-state index is 13.4. The molecule has 4 heteroatoms. The topological polar surface area (TPSA) is 29.5 Å². The first kappa shape index (κ1) is 21.2. The number of carbonyl (C=O) groups excluding carboxylic acids is 1. The van der Waals surface area contributed by atoms with E-state index in [1.54, 1.807) is 0 Å². The Bertz CT molecular complexity index is 730. The standard InChI is InChI=1S/C25H41NO2Si/c1-15(2)29(16(3)4,17(5)6)28-23-19-13-22-25(8)20(23)11-9-10-12-21(25)24(27)26(22)14-18(19)7/h15-17,19,21-22H,7,9-14H2,1-6,8H3/t19?,21-,22?,25-/m1/s1. The number of fused-ring (bicyclic) bond motifs is 1. The first-order valence-electron chi connectivity index (χ1n) is 12.0. The second kappa shape index (κ2) is 7.00. The summed E-state index contributed by atoms with van der Waals surface area (Å²) in [4.78, 5) is 15.6. The molecule has 4 atom stereocenters. The molecule has 4 rings (SSSR count). The van der Waals surface area contributed by atoms with Crippen LogP contribution in [0.15, 0.2) is 23.5 Å². The SMILES string of the molecule is C=C1CN2C(=O)[C@H]3CCCCC4=C(O[Si](C(C)C)(C(C)C)C(C)C)C1CC2[C@]43C. The third-order valence-corrected chi connectivity index (χ3v) is 15.1. The third kappa shape index (κ3) is 2.70. The van der Waals surface area contributed by atoms with Crippen molar-refractivity contribution in [1.29, 1.82) is 0 Å². The molecule has 0 aromatic rings. The van der Waals surface area contributed by atoms with Gasteiger partial charge in [-0.25, -0.2) is 0 Å². The lowest BCUT2D eigenvalue weighted by Crippen LogP contribution is -2.54. The van der Waals surface area contributed by atoms with E-state index >= 15 is 0 Å². The first-order valence-corrected chi connectivity index (χ1v) is 14.1. The molecule has 2 bridgehead atoms. The Morgan fingerprint density at radius 2 is 1.72 bits per heavy atom. The fraction of sp³-hybridized carbons (Fsp3) is 0.800. The van der Waals surface area contributed by atoms with E-state index in [4.69, 9.17) is 4.43 Å². The molecule has 0 spiro atoms. The van der Waals surface area contributed by atoms with Gasteiger partial charge in [0.2, 0.25) is 5.91 Å². The van der Waals surface area contributed by atoms with Crippen LogP contribution in [0.1, 0.15) is 80.6 Å². The smallest absolute Gasteiger partial charge is 0.258 e. The van der Waals surface area contributed by atoms with Crippen LogP contribution in [0.25, 0.3) is 0 Å². The Labute approximate surface area is 179 Å². The molecule has 2 saturated heterocycles. The molecule has 0 N–H and O–H groups in total. The molecule has 3 nitrogen and oxygen atoms in total. The van der Waals surface area contributed by atoms with Crippen molar-refractivity contribution >= 4 is 14.2 Å². The van der Waals surface area contributed by atoms with Crippen molar-refractivity contribution in [3.63, 3.8) is 0 Å². The maximum atomic E-state index is 13.4. The van der Waals surface area contributed by atoms with Gasteiger partial charge in [-0.05, 0) is 53.5 Å². The van der Waals surface area contributed by atoms with Crippen LogP contribution in [0, 0.1) is 17.3 Å². The number of amides is 1. The molecular formula is C25H41NO2Si. The lowest BCUT2D eigenvalue weighted by atomic mass is 9.60. The van der Waals surface area contributed by atoms with Gasteiger partial charge < -0.3 is 9.33 Å². The summed E-state index contributed by atoms with van der Waals surface area (Å²) in [5.41, 5.74) is 4.33. The summed E-state index contributed by atoms with van der Waals surface area (Å²) in [7, 11) is -2.05. The van der Waals surface area contributed by atoms with Crippen molar-refractivity contribution in [1.82, 2.24) is 4.90 Å². The van der Waals surface area contributed by atoms with Crippen molar-refractivity contribution in [3.05, 3.63) is 23.5 Å². The van der Waals surface area contributed by atoms with Crippen LogP contribution in [-0.2, 0) is 9.22 Å². The summed E-state index contributed by atoms with van der Waals surface area (Å²) in [5.74, 6) is 2.12. The summed E-state index contributed by atoms with van der Waals surface area (Å²) in [6, 6.07) is 0.351. The molecule has 0 radical (unpaired) electrons. The van der Waals surface area contributed by atoms with Gasteiger partial charge in [-0.3, -0.25) is 4.79 Å². The van der Waals surface area contributed by atoms with Crippen LogP contribution >= 0.6 is 0 Å². The maximum Gasteiger partial charge on any atom is 0.258 e. The Morgan fingerprint density at radius 1 is 1.10 bits per heavy atom. The second-order valence-electron chi connectivity index (χ2n) is 11.3. The first-order chi connectivity index (χ1) is 13.6. The Hall–Kier alpha value is -1.03. The number of allylic oxidation sites excluding steroid dienone is 1. The summed E-state index contributed by atoms with van der Waals surface area (Å²) in [5, 5.41) is 0. The summed E-state index contributed by atoms with van der Waals surface area (Å²) < 4.78 is 7.44. The number of nitrogens with zero attached hydrogens (tertiary/aromatic N) is 1. The molecule has 29 heavy (non-hydrogen) atoms. The van der Waals surface area contributed by atoms with Crippen LogP contribution in [0.4, 0.5) is 0 Å². The van der Waals surface area contributed by atoms with E-state index in [0.29, 0.717) is 34.5 Å². The molecule has 0 aromatic heterocycles. The van der Waals surface area contributed by atoms with Gasteiger partial charge in [0.1, 0.15) is 0 Å². The van der Waals surface area contributed by atoms with Gasteiger partial charge in [0, 0.05) is 29.8 Å². The molecule has 1 saturated carbocycles. The van der Waals surface area contributed by atoms with Crippen molar-refractivity contribution in [2.45, 2.75) is 103 Å². The van der Waals surface area contributed by atoms with Gasteiger partial charge in [-0.2, -0.15) is 0 Å². The monoisotopic (exact) mass is 415 g/mol. The minimum atomic E-state index is -2.05. The summed E-state index contributed by atoms with van der Waals surface area (Å²) in [6.07, 6.45) is 5.51. The minimum absolute atomic E-state index is 0.0365. The van der Waals surface area contributed by atoms with Gasteiger partial charge in [0.05, 0.1) is 5.76 Å². The number of hydrogen-bond donors (Lipinski definition) is 0. The average molecular weight is 416 g/mol. The number of carbonyl (C=O) groups is 1. The van der Waals surface area contributed by atoms with Gasteiger partial charge in [0.15, 0.2) is 0 Å². The van der Waals surface area contributed by atoms with E-state index in [1.165, 1.54) is 23.3 Å². The fourth-order valence-corrected chi connectivity index (χ4v) is 13.1. The number of piperidine rings is 1. The van der Waals surface area contributed by atoms with Crippen LogP contribution in [0.2, 0.25) is 16.6 Å². The molecule has 1 amide bonds. The zero-order valence-corrected chi connectivity index (χ0v) is 20.7. The molecule has 4 aliphatic rings. The van der Waals surface area contributed by atoms with Crippen molar-refractivity contribution in [2.75, 3.05) is 6.54 Å². The fourth-order valence-electron chi connectivity index (χ4n) is 7.77. The Balaban J connectivity index is 1.91. The molecule has 3 fully saturated rings. The van der Waals surface area contributed by atoms with E-state index in [-0.39, 0.29) is 11.3 Å². The molecule has 162 valence electrons. The molecule has 2 aliphatic heterocycles. The van der Waals surface area contributed by atoms with Gasteiger partial charge >= 0.3 is 0 Å². The van der Waals surface area contributed by atoms with Crippen LogP contribution in [0.3, 0.4) is 0 Å². The van der Waals surface area contributed by atoms with E-state index < -0.39 is 8.32 Å². The number of rotatable bonds is 5. The van der Waals surface area contributed by atoms with Crippen LogP contribution < -0.4 is 0 Å². The highest BCUT2D eigenvalue weighted by atomic mass is 28.4. The number of hydrogen-bond acceptors (Lipinski definition) is 2. The average Bonchev–Trinajstić information content (AvgIpc) is 2.76. The third-order valence-electron chi connectivity index (χ3n) is 9.13. The molecule has 2 heterocycles. The van der Waals surface area contributed by atoms with Gasteiger partial charge in [-0.1, -0.05) is 61.5 Å². The normalized spacial score (nSPS) is 34.6. The molecule has 0 aromatic carbocycles. The predicted molar refractivity (Wildman–Crippen MR) is 122 cm³/mol. The highest BCUT2D eigenvalue weighted by Crippen LogP contribution is 2.62. The van der Waals surface area contributed by atoms with Gasteiger partial charge in [-0.15, -0.1) is 0 Å². The lowest BCUT2D eigenvalue weighted by molar-refractivity contribution is -0.132. The summed E-state index contributed by atoms with van der Waals surface area (Å²) in [6.45, 7) is 21.8. The second-order valence-corrected chi connectivity index (χ2v) is 16.6. The highest BCUT2D eigenvalue weighted by Gasteiger charge is 2.64. The molecular weight excluding hydrogens is 374 g/mol. The van der Waals surface area contributed by atoms with Crippen molar-refractivity contribution in [3.8, 4) is 0 Å². The van der Waals surface area contributed by atoms with E-state index in [1.807, 2.05) is 0 Å². The van der Waals surface area contributed by atoms with Crippen LogP contribution in [-0.4, -0.2) is 31.7 Å². The van der Waals surface area contributed by atoms with Crippen molar-refractivity contribution in [2.24, 2.45) is 17.3 Å². The van der Waals surface area contributed by atoms with E-state index in [2.05, 4.69) is 59.9 Å². The molecule has 2 unspecified atom stereocenters. The zero-order valence-electron chi connectivity index (χ0n) is 19.7. The summed E-state index contributed by atoms with van der Waals surface area (Å²) >= 11 is 0. The minimum Gasteiger partial charge on any atom is -0.545 e. The van der Waals surface area contributed by atoms with E-state index in [0.717, 1.165) is 32.2 Å². The highest BCUT2D eigenvalue weighted by molar-refractivity contribution is 6.77. The Kier molecular flexibility index (Phi) is 5.12. The Morgan fingerprint density at radius 3 is 2.31 bits per heavy atom. The van der Waals surface area contributed by atoms with Gasteiger partial charge in [0.25, 0.3) is 8.32 Å². The largest absolute Gasteiger partial charge is 0.545 e. The van der Waals surface area contributed by atoms with Crippen LogP contribution in [0.5, 0.6) is 0 Å². The predicted octanol–water partition coefficient (Wildman–Crippen LogP) is 6.43. The zero-order chi connectivity index (χ0) is 21.3. The van der Waals surface area contributed by atoms with E-state index in [9.17, 15) is 4.79 Å². The lowest BCUT2D eigenvalue weighted by Gasteiger charge is -2.53. The van der Waals surface area contributed by atoms with Crippen molar-refractivity contribution < 1.29 is 9.22 Å².